The number of aryl methyl sites for hydroxylation is 1. The second-order valence-electron chi connectivity index (χ2n) is 5.63. The first-order valence-corrected chi connectivity index (χ1v) is 9.38. The third-order valence-electron chi connectivity index (χ3n) is 3.68. The molecular weight excluding hydrogens is 366 g/mol. The van der Waals surface area contributed by atoms with E-state index in [-0.39, 0.29) is 18.1 Å². The number of benzene rings is 2. The van der Waals surface area contributed by atoms with Gasteiger partial charge in [-0.25, -0.2) is 4.79 Å². The molecule has 0 aliphatic carbocycles. The molecule has 0 aliphatic rings. The minimum Gasteiger partial charge on any atom is -0.496 e. The summed E-state index contributed by atoms with van der Waals surface area (Å²) in [6.45, 7) is 2.15. The van der Waals surface area contributed by atoms with Crippen LogP contribution in [0, 0.1) is 6.92 Å². The lowest BCUT2D eigenvalue weighted by Crippen LogP contribution is -2.30. The molecule has 27 heavy (non-hydrogen) atoms. The summed E-state index contributed by atoms with van der Waals surface area (Å²) in [5.74, 6) is 0.349. The number of thioether (sulfide) groups is 1. The zero-order valence-corrected chi connectivity index (χ0v) is 16.4. The Kier molecular flexibility index (Phi) is 8.00. The van der Waals surface area contributed by atoms with Crippen LogP contribution in [-0.2, 0) is 9.53 Å². The van der Waals surface area contributed by atoms with Crippen LogP contribution in [0.3, 0.4) is 0 Å². The van der Waals surface area contributed by atoms with Gasteiger partial charge >= 0.3 is 5.97 Å². The van der Waals surface area contributed by atoms with Crippen molar-refractivity contribution < 1.29 is 23.8 Å². The third kappa shape index (κ3) is 6.21. The van der Waals surface area contributed by atoms with Crippen molar-refractivity contribution in [2.75, 3.05) is 33.1 Å². The molecule has 0 aliphatic heterocycles. The SMILES string of the molecule is COc1cccc(OC)c1C(=O)OCC(=O)NCCSc1ccc(C)cc1. The van der Waals surface area contributed by atoms with E-state index in [2.05, 4.69) is 5.32 Å². The molecule has 1 N–H and O–H groups in total. The molecule has 0 fully saturated rings. The third-order valence-corrected chi connectivity index (χ3v) is 4.69. The number of hydrogen-bond donors (Lipinski definition) is 1. The van der Waals surface area contributed by atoms with Gasteiger partial charge in [-0.15, -0.1) is 11.8 Å². The first-order valence-electron chi connectivity index (χ1n) is 8.39. The van der Waals surface area contributed by atoms with Crippen LogP contribution >= 0.6 is 11.8 Å². The highest BCUT2D eigenvalue weighted by Gasteiger charge is 2.20. The van der Waals surface area contributed by atoms with E-state index in [4.69, 9.17) is 14.2 Å². The Bertz CT molecular complexity index is 754. The number of esters is 1. The zero-order valence-electron chi connectivity index (χ0n) is 15.6. The van der Waals surface area contributed by atoms with E-state index in [1.54, 1.807) is 30.0 Å². The Morgan fingerprint density at radius 3 is 2.22 bits per heavy atom. The summed E-state index contributed by atoms with van der Waals surface area (Å²) in [5.41, 5.74) is 1.37. The molecule has 0 bridgehead atoms. The number of carbonyl (C=O) groups is 2. The van der Waals surface area contributed by atoms with Gasteiger partial charge in [0.2, 0.25) is 0 Å². The maximum atomic E-state index is 12.3. The number of ether oxygens (including phenoxy) is 3. The van der Waals surface area contributed by atoms with Gasteiger partial charge in [0.05, 0.1) is 14.2 Å². The summed E-state index contributed by atoms with van der Waals surface area (Å²) in [7, 11) is 2.90. The summed E-state index contributed by atoms with van der Waals surface area (Å²) >= 11 is 1.65. The number of hydrogen-bond acceptors (Lipinski definition) is 6. The monoisotopic (exact) mass is 389 g/mol. The molecule has 0 aromatic heterocycles. The number of amides is 1. The molecule has 0 spiro atoms. The molecule has 0 radical (unpaired) electrons. The summed E-state index contributed by atoms with van der Waals surface area (Å²) in [6, 6.07) is 13.1. The molecule has 1 amide bonds. The minimum atomic E-state index is -0.673. The largest absolute Gasteiger partial charge is 0.496 e. The molecule has 0 saturated heterocycles. The van der Waals surface area contributed by atoms with E-state index in [9.17, 15) is 9.59 Å². The zero-order chi connectivity index (χ0) is 19.6. The van der Waals surface area contributed by atoms with Crippen molar-refractivity contribution in [1.82, 2.24) is 5.32 Å². The molecule has 144 valence electrons. The van der Waals surface area contributed by atoms with Gasteiger partial charge in [0.1, 0.15) is 17.1 Å². The average molecular weight is 389 g/mol. The normalized spacial score (nSPS) is 10.2. The van der Waals surface area contributed by atoms with Crippen LogP contribution < -0.4 is 14.8 Å². The van der Waals surface area contributed by atoms with E-state index in [0.29, 0.717) is 18.0 Å². The summed E-state index contributed by atoms with van der Waals surface area (Å²) in [5, 5.41) is 2.73. The maximum Gasteiger partial charge on any atom is 0.346 e. The summed E-state index contributed by atoms with van der Waals surface area (Å²) in [4.78, 5) is 25.3. The van der Waals surface area contributed by atoms with Gasteiger partial charge < -0.3 is 19.5 Å². The van der Waals surface area contributed by atoms with Crippen LogP contribution in [-0.4, -0.2) is 45.0 Å². The molecule has 0 saturated carbocycles. The van der Waals surface area contributed by atoms with Crippen molar-refractivity contribution in [3.63, 3.8) is 0 Å². The van der Waals surface area contributed by atoms with Crippen molar-refractivity contribution in [2.45, 2.75) is 11.8 Å². The predicted molar refractivity (Wildman–Crippen MR) is 105 cm³/mol. The molecule has 2 rings (SSSR count). The number of methoxy groups -OCH3 is 2. The lowest BCUT2D eigenvalue weighted by molar-refractivity contribution is -0.124. The molecule has 7 heteroatoms. The van der Waals surface area contributed by atoms with Crippen LogP contribution in [0.4, 0.5) is 0 Å². The quantitative estimate of drug-likeness (QED) is 0.404. The topological polar surface area (TPSA) is 73.9 Å². The van der Waals surface area contributed by atoms with Gasteiger partial charge in [-0.2, -0.15) is 0 Å². The van der Waals surface area contributed by atoms with E-state index in [0.717, 1.165) is 10.6 Å². The van der Waals surface area contributed by atoms with Gasteiger partial charge in [0.15, 0.2) is 6.61 Å². The van der Waals surface area contributed by atoms with Gasteiger partial charge in [0.25, 0.3) is 5.91 Å². The fraction of sp³-hybridized carbons (Fsp3) is 0.300. The van der Waals surface area contributed by atoms with Crippen LogP contribution in [0.1, 0.15) is 15.9 Å². The highest BCUT2D eigenvalue weighted by atomic mass is 32.2. The standard InChI is InChI=1S/C20H23NO5S/c1-14-7-9-15(10-8-14)27-12-11-21-18(22)13-26-20(23)19-16(24-2)5-4-6-17(19)25-3/h4-10H,11-13H2,1-3H3,(H,21,22). The number of carbonyl (C=O) groups excluding carboxylic acids is 2. The van der Waals surface area contributed by atoms with Crippen LogP contribution in [0.15, 0.2) is 47.4 Å². The minimum absolute atomic E-state index is 0.158. The van der Waals surface area contributed by atoms with Crippen LogP contribution in [0.25, 0.3) is 0 Å². The Labute approximate surface area is 163 Å². The average Bonchev–Trinajstić information content (AvgIpc) is 2.70. The Morgan fingerprint density at radius 1 is 1.00 bits per heavy atom. The molecular formula is C20H23NO5S. The van der Waals surface area contributed by atoms with Crippen LogP contribution in [0.5, 0.6) is 11.5 Å². The predicted octanol–water partition coefficient (Wildman–Crippen LogP) is 3.08. The van der Waals surface area contributed by atoms with Crippen molar-refractivity contribution in [2.24, 2.45) is 0 Å². The highest BCUT2D eigenvalue weighted by Crippen LogP contribution is 2.28. The summed E-state index contributed by atoms with van der Waals surface area (Å²) < 4.78 is 15.4. The van der Waals surface area contributed by atoms with E-state index in [1.165, 1.54) is 19.8 Å². The van der Waals surface area contributed by atoms with Gasteiger partial charge in [0, 0.05) is 17.2 Å². The van der Waals surface area contributed by atoms with E-state index >= 15 is 0 Å². The fourth-order valence-corrected chi connectivity index (χ4v) is 3.07. The van der Waals surface area contributed by atoms with E-state index in [1.807, 2.05) is 31.2 Å². The first kappa shape index (κ1) is 20.6. The van der Waals surface area contributed by atoms with Gasteiger partial charge in [-0.1, -0.05) is 23.8 Å². The lowest BCUT2D eigenvalue weighted by Gasteiger charge is -2.12. The van der Waals surface area contributed by atoms with Crippen LogP contribution in [0.2, 0.25) is 0 Å². The molecule has 2 aromatic rings. The summed E-state index contributed by atoms with van der Waals surface area (Å²) in [6.07, 6.45) is 0. The van der Waals surface area contributed by atoms with Gasteiger partial charge in [-0.05, 0) is 31.2 Å². The smallest absolute Gasteiger partial charge is 0.346 e. The molecule has 0 unspecified atom stereocenters. The fourth-order valence-electron chi connectivity index (χ4n) is 2.30. The second-order valence-corrected chi connectivity index (χ2v) is 6.79. The number of rotatable bonds is 9. The second kappa shape index (κ2) is 10.5. The Balaban J connectivity index is 1.77. The van der Waals surface area contributed by atoms with Crippen molar-refractivity contribution in [3.8, 4) is 11.5 Å². The molecule has 0 atom stereocenters. The molecule has 0 heterocycles. The molecule has 2 aromatic carbocycles. The Morgan fingerprint density at radius 2 is 1.63 bits per heavy atom. The molecule has 6 nitrogen and oxygen atoms in total. The maximum absolute atomic E-state index is 12.3. The van der Waals surface area contributed by atoms with E-state index < -0.39 is 5.97 Å². The highest BCUT2D eigenvalue weighted by molar-refractivity contribution is 7.99. The first-order chi connectivity index (χ1) is 13.0. The van der Waals surface area contributed by atoms with Crippen molar-refractivity contribution >= 4 is 23.6 Å². The number of nitrogens with one attached hydrogen (secondary N) is 1. The lowest BCUT2D eigenvalue weighted by atomic mass is 10.2. The van der Waals surface area contributed by atoms with Crippen molar-refractivity contribution in [3.05, 3.63) is 53.6 Å². The van der Waals surface area contributed by atoms with Gasteiger partial charge in [-0.3, -0.25) is 4.79 Å². The van der Waals surface area contributed by atoms with Crippen molar-refractivity contribution in [1.29, 1.82) is 0 Å². The Hall–Kier alpha value is -2.67.